The van der Waals surface area contributed by atoms with Crippen molar-refractivity contribution in [2.24, 2.45) is 0 Å². The predicted octanol–water partition coefficient (Wildman–Crippen LogP) is 2.74. The lowest BCUT2D eigenvalue weighted by Crippen LogP contribution is -1.78. The Labute approximate surface area is 81.3 Å². The molecule has 0 aliphatic carbocycles. The Bertz CT molecular complexity index is 613. The van der Waals surface area contributed by atoms with Crippen LogP contribution in [-0.2, 0) is 0 Å². The van der Waals surface area contributed by atoms with Crippen LogP contribution in [0.1, 0.15) is 0 Å². The van der Waals surface area contributed by atoms with Gasteiger partial charge in [0.05, 0.1) is 0 Å². The van der Waals surface area contributed by atoms with Gasteiger partial charge in [-0.3, -0.25) is 4.79 Å². The van der Waals surface area contributed by atoms with Gasteiger partial charge in [-0.25, -0.2) is 0 Å². The molecule has 0 heterocycles. The summed E-state index contributed by atoms with van der Waals surface area (Å²) in [7, 11) is 0. The summed E-state index contributed by atoms with van der Waals surface area (Å²) in [5.74, 6) is 0. The van der Waals surface area contributed by atoms with Crippen molar-refractivity contribution in [1.29, 1.82) is 0 Å². The van der Waals surface area contributed by atoms with Gasteiger partial charge in [0.2, 0.25) is 0 Å². The molecule has 14 heavy (non-hydrogen) atoms. The summed E-state index contributed by atoms with van der Waals surface area (Å²) in [4.78, 5) is 10.9. The van der Waals surface area contributed by atoms with E-state index in [2.05, 4.69) is 24.3 Å². The van der Waals surface area contributed by atoms with Crippen LogP contribution in [0.5, 0.6) is 0 Å². The summed E-state index contributed by atoms with van der Waals surface area (Å²) in [6, 6.07) is 15.9. The topological polar surface area (TPSA) is 17.1 Å². The smallest absolute Gasteiger partial charge is 0.187 e. The van der Waals surface area contributed by atoms with E-state index >= 15 is 0 Å². The summed E-state index contributed by atoms with van der Waals surface area (Å²) in [5, 5.41) is 2.40. The van der Waals surface area contributed by atoms with Gasteiger partial charge >= 0.3 is 0 Å². The normalized spacial score (nSPS) is 11.1. The van der Waals surface area contributed by atoms with E-state index in [-0.39, 0.29) is 5.43 Å². The zero-order chi connectivity index (χ0) is 9.54. The number of hydrogen-bond donors (Lipinski definition) is 0. The van der Waals surface area contributed by atoms with Gasteiger partial charge in [-0.15, -0.1) is 0 Å². The molecule has 0 unspecified atom stereocenters. The third-order valence-corrected chi connectivity index (χ3v) is 2.52. The van der Waals surface area contributed by atoms with Crippen LogP contribution in [0, 0.1) is 0 Å². The maximum Gasteiger partial charge on any atom is 0.187 e. The first-order valence-electron chi connectivity index (χ1n) is 4.60. The van der Waals surface area contributed by atoms with Crippen molar-refractivity contribution < 1.29 is 0 Å². The third kappa shape index (κ3) is 1.06. The van der Waals surface area contributed by atoms with Crippen LogP contribution in [0.4, 0.5) is 0 Å². The highest BCUT2D eigenvalue weighted by Crippen LogP contribution is 2.23. The molecule has 0 N–H and O–H groups in total. The first-order chi connectivity index (χ1) is 6.84. The Kier molecular flexibility index (Phi) is 1.37. The number of hydrogen-bond acceptors (Lipinski definition) is 1. The van der Waals surface area contributed by atoms with Gasteiger partial charge in [0.25, 0.3) is 0 Å². The lowest BCUT2D eigenvalue weighted by molar-refractivity contribution is 1.74. The lowest BCUT2D eigenvalue weighted by atomic mass is 10.1. The largest absolute Gasteiger partial charge is 0.289 e. The van der Waals surface area contributed by atoms with Crippen LogP contribution in [0.2, 0.25) is 0 Å². The maximum absolute atomic E-state index is 10.9. The molecule has 3 aromatic carbocycles. The Morgan fingerprint density at radius 3 is 2.21 bits per heavy atom. The second-order valence-corrected chi connectivity index (χ2v) is 3.48. The number of rotatable bonds is 1. The van der Waals surface area contributed by atoms with Crippen molar-refractivity contribution in [2.75, 3.05) is 0 Å². The van der Waals surface area contributed by atoms with Crippen molar-refractivity contribution in [1.82, 2.24) is 0 Å². The molecule has 0 atom stereocenters. The fourth-order valence-corrected chi connectivity index (χ4v) is 1.68. The molecule has 3 rings (SSSR count). The quantitative estimate of drug-likeness (QED) is 0.562. The standard InChI is InChI=1S/C13H8O/c14-13-8-12(13)11-6-5-9-3-1-2-4-10(9)7-11/h1-8H. The molecule has 0 aromatic heterocycles. The summed E-state index contributed by atoms with van der Waals surface area (Å²) in [6.45, 7) is 0. The van der Waals surface area contributed by atoms with Crippen molar-refractivity contribution in [3.05, 3.63) is 58.8 Å². The molecule has 66 valence electrons. The van der Waals surface area contributed by atoms with Gasteiger partial charge in [0.1, 0.15) is 0 Å². The van der Waals surface area contributed by atoms with Gasteiger partial charge in [0, 0.05) is 5.56 Å². The summed E-state index contributed by atoms with van der Waals surface area (Å²) in [5.41, 5.74) is 2.06. The van der Waals surface area contributed by atoms with E-state index < -0.39 is 0 Å². The van der Waals surface area contributed by atoms with Gasteiger partial charge in [-0.1, -0.05) is 36.4 Å². The minimum atomic E-state index is 0.167. The maximum atomic E-state index is 10.9. The monoisotopic (exact) mass is 180 g/mol. The average Bonchev–Trinajstić information content (AvgIpc) is 2.95. The highest BCUT2D eigenvalue weighted by Gasteiger charge is 2.10. The van der Waals surface area contributed by atoms with E-state index in [0.717, 1.165) is 11.1 Å². The first kappa shape index (κ1) is 7.51. The molecule has 1 heteroatoms. The van der Waals surface area contributed by atoms with Crippen LogP contribution in [0.25, 0.3) is 21.9 Å². The van der Waals surface area contributed by atoms with E-state index in [1.54, 1.807) is 6.07 Å². The zero-order valence-corrected chi connectivity index (χ0v) is 7.53. The highest BCUT2D eigenvalue weighted by molar-refractivity contribution is 5.88. The molecule has 1 nitrogen and oxygen atoms in total. The molecule has 0 aliphatic heterocycles. The Balaban J connectivity index is 2.26. The Hall–Kier alpha value is -1.89. The molecule has 0 fully saturated rings. The SMILES string of the molecule is O=c1cc1-c1ccc2ccccc2c1. The Morgan fingerprint density at radius 1 is 0.786 bits per heavy atom. The van der Waals surface area contributed by atoms with Gasteiger partial charge in [-0.05, 0) is 28.5 Å². The van der Waals surface area contributed by atoms with E-state index in [9.17, 15) is 4.79 Å². The predicted molar refractivity (Wildman–Crippen MR) is 58.0 cm³/mol. The van der Waals surface area contributed by atoms with E-state index in [1.807, 2.05) is 18.2 Å². The van der Waals surface area contributed by atoms with Gasteiger partial charge in [0.15, 0.2) is 5.43 Å². The second-order valence-electron chi connectivity index (χ2n) is 3.48. The van der Waals surface area contributed by atoms with Crippen LogP contribution < -0.4 is 5.43 Å². The van der Waals surface area contributed by atoms with E-state index in [4.69, 9.17) is 0 Å². The lowest BCUT2D eigenvalue weighted by Gasteiger charge is -1.98. The van der Waals surface area contributed by atoms with E-state index in [1.165, 1.54) is 10.8 Å². The van der Waals surface area contributed by atoms with Crippen molar-refractivity contribution >= 4 is 10.8 Å². The molecule has 0 saturated carbocycles. The van der Waals surface area contributed by atoms with E-state index in [0.29, 0.717) is 0 Å². The highest BCUT2D eigenvalue weighted by atomic mass is 16.1. The molecule has 0 aliphatic rings. The molecule has 0 bridgehead atoms. The van der Waals surface area contributed by atoms with Crippen molar-refractivity contribution in [3.63, 3.8) is 0 Å². The van der Waals surface area contributed by atoms with Crippen molar-refractivity contribution in [2.45, 2.75) is 0 Å². The first-order valence-corrected chi connectivity index (χ1v) is 4.60. The van der Waals surface area contributed by atoms with Gasteiger partial charge < -0.3 is 0 Å². The number of fused-ring (bicyclic) bond motifs is 1. The fraction of sp³-hybridized carbons (Fsp3) is 0. The molecule has 0 saturated heterocycles. The third-order valence-electron chi connectivity index (χ3n) is 2.52. The van der Waals surface area contributed by atoms with Crippen LogP contribution >= 0.6 is 0 Å². The van der Waals surface area contributed by atoms with Crippen LogP contribution in [0.15, 0.2) is 53.3 Å². The van der Waals surface area contributed by atoms with Crippen molar-refractivity contribution in [3.8, 4) is 11.1 Å². The fourth-order valence-electron chi connectivity index (χ4n) is 1.68. The average molecular weight is 180 g/mol. The van der Waals surface area contributed by atoms with Crippen LogP contribution in [0.3, 0.4) is 0 Å². The minimum Gasteiger partial charge on any atom is -0.289 e. The summed E-state index contributed by atoms with van der Waals surface area (Å²) >= 11 is 0. The molecule has 0 amide bonds. The van der Waals surface area contributed by atoms with Crippen LogP contribution in [-0.4, -0.2) is 0 Å². The molecule has 0 spiro atoms. The second kappa shape index (κ2) is 2.55. The zero-order valence-electron chi connectivity index (χ0n) is 7.53. The summed E-state index contributed by atoms with van der Waals surface area (Å²) < 4.78 is 0. The Morgan fingerprint density at radius 2 is 1.50 bits per heavy atom. The number of benzene rings is 2. The molecule has 0 radical (unpaired) electrons. The minimum absolute atomic E-state index is 0.167. The van der Waals surface area contributed by atoms with Gasteiger partial charge in [-0.2, -0.15) is 0 Å². The molecular formula is C13H8O. The summed E-state index contributed by atoms with van der Waals surface area (Å²) in [6.07, 6.45) is 0. The molecule has 3 aromatic rings. The molecular weight excluding hydrogens is 172 g/mol.